The van der Waals surface area contributed by atoms with Gasteiger partial charge >= 0.3 is 0 Å². The Hall–Kier alpha value is -2.90. The second kappa shape index (κ2) is 10.8. The summed E-state index contributed by atoms with van der Waals surface area (Å²) in [7, 11) is 1.63. The molecule has 2 saturated heterocycles. The van der Waals surface area contributed by atoms with Gasteiger partial charge in [-0.15, -0.1) is 0 Å². The SMILES string of the molecule is CCN(C(=O)C1CNNC1C1CCN(C(=O)Cc2ccccc2OC)CC1)c1ccccc1. The van der Waals surface area contributed by atoms with Crippen LogP contribution in [0.4, 0.5) is 5.69 Å². The monoisotopic (exact) mass is 450 g/mol. The van der Waals surface area contributed by atoms with E-state index in [4.69, 9.17) is 4.74 Å². The molecule has 0 spiro atoms. The van der Waals surface area contributed by atoms with Gasteiger partial charge in [-0.1, -0.05) is 36.4 Å². The summed E-state index contributed by atoms with van der Waals surface area (Å²) in [6.07, 6.45) is 2.12. The first-order valence-electron chi connectivity index (χ1n) is 11.9. The van der Waals surface area contributed by atoms with E-state index in [0.717, 1.165) is 29.8 Å². The molecule has 2 unspecified atom stereocenters. The Morgan fingerprint density at radius 3 is 2.45 bits per heavy atom. The molecule has 0 aliphatic carbocycles. The molecule has 0 radical (unpaired) electrons. The molecule has 7 nitrogen and oxygen atoms in total. The van der Waals surface area contributed by atoms with E-state index in [2.05, 4.69) is 10.9 Å². The summed E-state index contributed by atoms with van der Waals surface area (Å²) in [5, 5.41) is 0. The molecule has 2 aromatic rings. The lowest BCUT2D eigenvalue weighted by molar-refractivity contribution is -0.132. The van der Waals surface area contributed by atoms with Crippen LogP contribution in [0.15, 0.2) is 54.6 Å². The molecule has 4 rings (SSSR count). The number of rotatable bonds is 7. The van der Waals surface area contributed by atoms with Crippen molar-refractivity contribution >= 4 is 17.5 Å². The average Bonchev–Trinajstić information content (AvgIpc) is 3.35. The number of piperidine rings is 1. The van der Waals surface area contributed by atoms with Gasteiger partial charge < -0.3 is 14.5 Å². The zero-order chi connectivity index (χ0) is 23.2. The van der Waals surface area contributed by atoms with E-state index in [9.17, 15) is 9.59 Å². The third-order valence-corrected chi connectivity index (χ3v) is 6.93. The van der Waals surface area contributed by atoms with E-state index < -0.39 is 0 Å². The summed E-state index contributed by atoms with van der Waals surface area (Å²) >= 11 is 0. The van der Waals surface area contributed by atoms with Gasteiger partial charge in [0.1, 0.15) is 5.75 Å². The number of hydrogen-bond donors (Lipinski definition) is 2. The Balaban J connectivity index is 1.36. The molecule has 176 valence electrons. The Labute approximate surface area is 196 Å². The van der Waals surface area contributed by atoms with Crippen molar-refractivity contribution in [3.05, 3.63) is 60.2 Å². The number of methoxy groups -OCH3 is 1. The molecule has 2 aromatic carbocycles. The third kappa shape index (κ3) is 5.20. The molecule has 2 aliphatic heterocycles. The molecule has 2 amide bonds. The molecule has 2 N–H and O–H groups in total. The summed E-state index contributed by atoms with van der Waals surface area (Å²) in [6, 6.07) is 17.6. The molecule has 0 aromatic heterocycles. The van der Waals surface area contributed by atoms with Gasteiger partial charge in [0.25, 0.3) is 0 Å². The molecule has 33 heavy (non-hydrogen) atoms. The van der Waals surface area contributed by atoms with Crippen LogP contribution in [0.5, 0.6) is 5.75 Å². The van der Waals surface area contributed by atoms with Gasteiger partial charge in [0.15, 0.2) is 0 Å². The predicted molar refractivity (Wildman–Crippen MR) is 129 cm³/mol. The zero-order valence-corrected chi connectivity index (χ0v) is 19.5. The molecule has 2 fully saturated rings. The number of ether oxygens (including phenoxy) is 1. The van der Waals surface area contributed by atoms with Gasteiger partial charge in [-0.25, -0.2) is 0 Å². The first kappa shape index (κ1) is 23.3. The van der Waals surface area contributed by atoms with E-state index in [1.807, 2.05) is 71.3 Å². The second-order valence-corrected chi connectivity index (χ2v) is 8.78. The van der Waals surface area contributed by atoms with Crippen LogP contribution in [0.3, 0.4) is 0 Å². The molecule has 0 bridgehead atoms. The van der Waals surface area contributed by atoms with Crippen molar-refractivity contribution in [3.8, 4) is 5.75 Å². The molecule has 2 aliphatic rings. The van der Waals surface area contributed by atoms with Crippen LogP contribution >= 0.6 is 0 Å². The second-order valence-electron chi connectivity index (χ2n) is 8.78. The van der Waals surface area contributed by atoms with E-state index in [-0.39, 0.29) is 23.8 Å². The maximum atomic E-state index is 13.4. The highest BCUT2D eigenvalue weighted by molar-refractivity contribution is 5.95. The minimum absolute atomic E-state index is 0.0710. The fourth-order valence-electron chi connectivity index (χ4n) is 5.11. The van der Waals surface area contributed by atoms with Gasteiger partial charge in [-0.05, 0) is 43.9 Å². The van der Waals surface area contributed by atoms with Crippen molar-refractivity contribution in [1.29, 1.82) is 0 Å². The molecular formula is C26H34N4O3. The Morgan fingerprint density at radius 1 is 1.06 bits per heavy atom. The number of carbonyl (C=O) groups is 2. The standard InChI is InChI=1S/C26H34N4O3/c1-3-30(21-10-5-4-6-11-21)26(32)22-18-27-28-25(22)19-13-15-29(16-14-19)24(31)17-20-9-7-8-12-23(20)33-2/h4-12,19,22,25,27-28H,3,13-18H2,1-2H3. The van der Waals surface area contributed by atoms with Gasteiger partial charge in [-0.2, -0.15) is 0 Å². The normalized spacial score (nSPS) is 21.1. The van der Waals surface area contributed by atoms with E-state index >= 15 is 0 Å². The van der Waals surface area contributed by atoms with Crippen LogP contribution in [0.2, 0.25) is 0 Å². The van der Waals surface area contributed by atoms with Gasteiger partial charge in [0.2, 0.25) is 11.8 Å². The van der Waals surface area contributed by atoms with E-state index in [1.165, 1.54) is 0 Å². The number of benzene rings is 2. The smallest absolute Gasteiger partial charge is 0.233 e. The molecule has 0 saturated carbocycles. The van der Waals surface area contributed by atoms with Crippen molar-refractivity contribution in [2.75, 3.05) is 38.2 Å². The summed E-state index contributed by atoms with van der Waals surface area (Å²) in [6.45, 7) is 4.71. The lowest BCUT2D eigenvalue weighted by atomic mass is 9.82. The first-order chi connectivity index (χ1) is 16.1. The number of anilines is 1. The average molecular weight is 451 g/mol. The molecule has 7 heteroatoms. The largest absolute Gasteiger partial charge is 0.496 e. The van der Waals surface area contributed by atoms with Crippen LogP contribution in [0, 0.1) is 11.8 Å². The number of para-hydroxylation sites is 2. The van der Waals surface area contributed by atoms with E-state index in [0.29, 0.717) is 38.5 Å². The van der Waals surface area contributed by atoms with Gasteiger partial charge in [0.05, 0.1) is 19.4 Å². The van der Waals surface area contributed by atoms with Gasteiger partial charge in [0, 0.05) is 43.5 Å². The third-order valence-electron chi connectivity index (χ3n) is 6.93. The number of hydrogen-bond acceptors (Lipinski definition) is 5. The van der Waals surface area contributed by atoms with Crippen LogP contribution in [0.25, 0.3) is 0 Å². The maximum Gasteiger partial charge on any atom is 0.233 e. The Bertz CT molecular complexity index is 944. The van der Waals surface area contributed by atoms with Crippen molar-refractivity contribution < 1.29 is 14.3 Å². The first-order valence-corrected chi connectivity index (χ1v) is 11.9. The Kier molecular flexibility index (Phi) is 7.62. The van der Waals surface area contributed by atoms with Crippen LogP contribution in [-0.2, 0) is 16.0 Å². The van der Waals surface area contributed by atoms with E-state index in [1.54, 1.807) is 7.11 Å². The molecular weight excluding hydrogens is 416 g/mol. The Morgan fingerprint density at radius 2 is 1.76 bits per heavy atom. The number of amides is 2. The van der Waals surface area contributed by atoms with Crippen molar-refractivity contribution in [2.45, 2.75) is 32.2 Å². The quantitative estimate of drug-likeness (QED) is 0.679. The number of nitrogens with zero attached hydrogens (tertiary/aromatic N) is 2. The maximum absolute atomic E-state index is 13.4. The fourth-order valence-corrected chi connectivity index (χ4v) is 5.11. The van der Waals surface area contributed by atoms with Crippen molar-refractivity contribution in [2.24, 2.45) is 11.8 Å². The summed E-state index contributed by atoms with van der Waals surface area (Å²) in [4.78, 5) is 30.2. The van der Waals surface area contributed by atoms with Crippen molar-refractivity contribution in [1.82, 2.24) is 15.8 Å². The van der Waals surface area contributed by atoms with Crippen molar-refractivity contribution in [3.63, 3.8) is 0 Å². The predicted octanol–water partition coefficient (Wildman–Crippen LogP) is 2.62. The minimum atomic E-state index is -0.119. The minimum Gasteiger partial charge on any atom is -0.496 e. The highest BCUT2D eigenvalue weighted by atomic mass is 16.5. The summed E-state index contributed by atoms with van der Waals surface area (Å²) < 4.78 is 5.39. The summed E-state index contributed by atoms with van der Waals surface area (Å²) in [5.41, 5.74) is 8.44. The molecule has 2 heterocycles. The lowest BCUT2D eigenvalue weighted by Crippen LogP contribution is -2.49. The van der Waals surface area contributed by atoms with Crippen LogP contribution < -0.4 is 20.5 Å². The number of hydrazine groups is 1. The fraction of sp³-hybridized carbons (Fsp3) is 0.462. The van der Waals surface area contributed by atoms with Gasteiger partial charge in [-0.3, -0.25) is 20.4 Å². The lowest BCUT2D eigenvalue weighted by Gasteiger charge is -2.37. The zero-order valence-electron chi connectivity index (χ0n) is 19.5. The summed E-state index contributed by atoms with van der Waals surface area (Å²) in [5.74, 6) is 1.26. The highest BCUT2D eigenvalue weighted by Gasteiger charge is 2.41. The number of carbonyl (C=O) groups excluding carboxylic acids is 2. The number of likely N-dealkylation sites (tertiary alicyclic amines) is 1. The highest BCUT2D eigenvalue weighted by Crippen LogP contribution is 2.29. The molecule has 2 atom stereocenters. The topological polar surface area (TPSA) is 73.9 Å². The number of nitrogens with one attached hydrogen (secondary N) is 2. The van der Waals surface area contributed by atoms with Crippen LogP contribution in [-0.4, -0.2) is 56.0 Å². The van der Waals surface area contributed by atoms with Crippen LogP contribution in [0.1, 0.15) is 25.3 Å².